The van der Waals surface area contributed by atoms with E-state index in [4.69, 9.17) is 9.47 Å². The van der Waals surface area contributed by atoms with Crippen molar-refractivity contribution >= 4 is 5.97 Å². The predicted molar refractivity (Wildman–Crippen MR) is 95.5 cm³/mol. The third-order valence-corrected chi connectivity index (χ3v) is 4.85. The molecule has 0 atom stereocenters. The molecule has 1 N–H and O–H groups in total. The fourth-order valence-corrected chi connectivity index (χ4v) is 3.37. The summed E-state index contributed by atoms with van der Waals surface area (Å²) in [7, 11) is 0. The first-order valence-corrected chi connectivity index (χ1v) is 9.45. The van der Waals surface area contributed by atoms with Crippen LogP contribution in [0.4, 0.5) is 0 Å². The monoisotopic (exact) mass is 334 g/mol. The fourth-order valence-electron chi connectivity index (χ4n) is 3.37. The summed E-state index contributed by atoms with van der Waals surface area (Å²) in [4.78, 5) is 13.4. The van der Waals surface area contributed by atoms with Gasteiger partial charge in [0, 0.05) is 12.8 Å². The first-order chi connectivity index (χ1) is 11.7. The van der Waals surface area contributed by atoms with Crippen LogP contribution in [-0.2, 0) is 16.0 Å². The van der Waals surface area contributed by atoms with Crippen LogP contribution in [0.5, 0.6) is 5.75 Å². The van der Waals surface area contributed by atoms with Crippen molar-refractivity contribution in [1.82, 2.24) is 0 Å². The maximum absolute atomic E-state index is 11.7. The van der Waals surface area contributed by atoms with Gasteiger partial charge in [-0.2, -0.15) is 0 Å². The quantitative estimate of drug-likeness (QED) is 0.556. The lowest BCUT2D eigenvalue weighted by Crippen LogP contribution is -3.13. The molecule has 0 aliphatic carbocycles. The van der Waals surface area contributed by atoms with Gasteiger partial charge in [-0.3, -0.25) is 4.79 Å². The Morgan fingerprint density at radius 1 is 1.17 bits per heavy atom. The van der Waals surface area contributed by atoms with Crippen molar-refractivity contribution in [2.45, 2.75) is 46.0 Å². The van der Waals surface area contributed by atoms with Crippen LogP contribution in [0.15, 0.2) is 24.3 Å². The number of benzene rings is 1. The van der Waals surface area contributed by atoms with Gasteiger partial charge in [0.15, 0.2) is 0 Å². The van der Waals surface area contributed by atoms with Gasteiger partial charge in [-0.05, 0) is 37.8 Å². The van der Waals surface area contributed by atoms with Gasteiger partial charge in [0.1, 0.15) is 5.75 Å². The molecule has 0 unspecified atom stereocenters. The van der Waals surface area contributed by atoms with Crippen LogP contribution in [0.25, 0.3) is 0 Å². The number of hydrogen-bond acceptors (Lipinski definition) is 3. The lowest BCUT2D eigenvalue weighted by Gasteiger charge is -2.28. The molecule has 134 valence electrons. The highest BCUT2D eigenvalue weighted by Gasteiger charge is 2.27. The molecule has 1 aliphatic rings. The Balaban J connectivity index is 1.58. The highest BCUT2D eigenvalue weighted by molar-refractivity contribution is 5.72. The summed E-state index contributed by atoms with van der Waals surface area (Å²) >= 11 is 0. The average molecular weight is 334 g/mol. The number of aryl methyl sites for hydroxylation is 1. The molecule has 2 rings (SSSR count). The number of likely N-dealkylation sites (tertiary alicyclic amines) is 1. The minimum atomic E-state index is -0.000426. The Kier molecular flexibility index (Phi) is 8.10. The molecule has 4 nitrogen and oxygen atoms in total. The molecular weight excluding hydrogens is 302 g/mol. The summed E-state index contributed by atoms with van der Waals surface area (Å²) in [6.45, 7) is 8.66. The number of esters is 1. The maximum atomic E-state index is 11.7. The van der Waals surface area contributed by atoms with Crippen LogP contribution in [0.2, 0.25) is 0 Å². The van der Waals surface area contributed by atoms with Crippen LogP contribution in [-0.4, -0.2) is 38.8 Å². The Morgan fingerprint density at radius 2 is 1.92 bits per heavy atom. The molecule has 4 heteroatoms. The molecule has 0 aromatic heterocycles. The second-order valence-corrected chi connectivity index (χ2v) is 6.54. The van der Waals surface area contributed by atoms with Crippen molar-refractivity contribution in [1.29, 1.82) is 0 Å². The lowest BCUT2D eigenvalue weighted by molar-refractivity contribution is -0.906. The molecule has 1 aromatic rings. The van der Waals surface area contributed by atoms with E-state index in [0.717, 1.165) is 51.1 Å². The van der Waals surface area contributed by atoms with Gasteiger partial charge in [-0.25, -0.2) is 0 Å². The van der Waals surface area contributed by atoms with Crippen molar-refractivity contribution in [2.24, 2.45) is 5.92 Å². The van der Waals surface area contributed by atoms with Crippen LogP contribution in [0.1, 0.15) is 45.1 Å². The Labute approximate surface area is 146 Å². The van der Waals surface area contributed by atoms with E-state index in [2.05, 4.69) is 25.1 Å². The average Bonchev–Trinajstić information content (AvgIpc) is 2.62. The Hall–Kier alpha value is -1.55. The van der Waals surface area contributed by atoms with E-state index in [1.54, 1.807) is 4.90 Å². The topological polar surface area (TPSA) is 40.0 Å². The van der Waals surface area contributed by atoms with E-state index < -0.39 is 0 Å². The van der Waals surface area contributed by atoms with Crippen LogP contribution >= 0.6 is 0 Å². The van der Waals surface area contributed by atoms with Gasteiger partial charge in [-0.1, -0.05) is 25.1 Å². The smallest absolute Gasteiger partial charge is 0.309 e. The number of ether oxygens (including phenoxy) is 2. The maximum Gasteiger partial charge on any atom is 0.309 e. The van der Waals surface area contributed by atoms with Crippen molar-refractivity contribution in [3.63, 3.8) is 0 Å². The van der Waals surface area contributed by atoms with Crippen LogP contribution in [0.3, 0.4) is 0 Å². The van der Waals surface area contributed by atoms with Gasteiger partial charge >= 0.3 is 5.97 Å². The SMILES string of the molecule is CCOC(=O)C1CC[NH+](CCCCOc2ccccc2CC)CC1. The molecule has 0 spiro atoms. The zero-order chi connectivity index (χ0) is 17.2. The van der Waals surface area contributed by atoms with Crippen molar-refractivity contribution in [3.8, 4) is 5.75 Å². The summed E-state index contributed by atoms with van der Waals surface area (Å²) in [5.41, 5.74) is 1.28. The number of quaternary nitrogens is 1. The third-order valence-electron chi connectivity index (χ3n) is 4.85. The highest BCUT2D eigenvalue weighted by Crippen LogP contribution is 2.18. The number of piperidine rings is 1. The molecule has 1 saturated heterocycles. The van der Waals surface area contributed by atoms with E-state index in [1.165, 1.54) is 18.5 Å². The zero-order valence-electron chi connectivity index (χ0n) is 15.2. The van der Waals surface area contributed by atoms with Gasteiger partial charge in [-0.15, -0.1) is 0 Å². The van der Waals surface area contributed by atoms with E-state index >= 15 is 0 Å². The first kappa shape index (κ1) is 18.8. The number of nitrogens with one attached hydrogen (secondary N) is 1. The summed E-state index contributed by atoms with van der Waals surface area (Å²) in [5, 5.41) is 0. The molecule has 1 aliphatic heterocycles. The standard InChI is InChI=1S/C20H31NO3/c1-3-17-9-5-6-10-19(17)24-16-8-7-13-21-14-11-18(12-15-21)20(22)23-4-2/h5-6,9-10,18H,3-4,7-8,11-16H2,1-2H3/p+1. The molecule has 0 radical (unpaired) electrons. The third kappa shape index (κ3) is 5.82. The Morgan fingerprint density at radius 3 is 2.62 bits per heavy atom. The summed E-state index contributed by atoms with van der Waals surface area (Å²) < 4.78 is 11.0. The summed E-state index contributed by atoms with van der Waals surface area (Å²) in [6.07, 6.45) is 5.20. The predicted octanol–water partition coefficient (Wildman–Crippen LogP) is 2.27. The molecular formula is C20H32NO3+. The number of rotatable bonds is 9. The number of para-hydroxylation sites is 1. The molecule has 0 bridgehead atoms. The van der Waals surface area contributed by atoms with Gasteiger partial charge in [0.25, 0.3) is 0 Å². The van der Waals surface area contributed by atoms with Crippen molar-refractivity contribution < 1.29 is 19.2 Å². The zero-order valence-corrected chi connectivity index (χ0v) is 15.2. The molecule has 0 amide bonds. The molecule has 24 heavy (non-hydrogen) atoms. The van der Waals surface area contributed by atoms with Crippen molar-refractivity contribution in [2.75, 3.05) is 32.8 Å². The Bertz CT molecular complexity index is 495. The number of carbonyl (C=O) groups excluding carboxylic acids is 1. The van der Waals surface area contributed by atoms with Crippen LogP contribution < -0.4 is 9.64 Å². The van der Waals surface area contributed by atoms with E-state index in [-0.39, 0.29) is 11.9 Å². The number of hydrogen-bond donors (Lipinski definition) is 1. The summed E-state index contributed by atoms with van der Waals surface area (Å²) in [6, 6.07) is 8.29. The minimum absolute atomic E-state index is 0.000426. The van der Waals surface area contributed by atoms with Gasteiger partial charge in [0.05, 0.1) is 38.8 Å². The molecule has 1 aromatic carbocycles. The molecule has 1 heterocycles. The molecule has 0 saturated carbocycles. The number of unbranched alkanes of at least 4 members (excludes halogenated alkanes) is 1. The highest BCUT2D eigenvalue weighted by atomic mass is 16.5. The lowest BCUT2D eigenvalue weighted by atomic mass is 9.97. The fraction of sp³-hybridized carbons (Fsp3) is 0.650. The molecule has 1 fully saturated rings. The second kappa shape index (κ2) is 10.3. The number of carbonyl (C=O) groups is 1. The largest absolute Gasteiger partial charge is 0.493 e. The normalized spacial score (nSPS) is 20.6. The second-order valence-electron chi connectivity index (χ2n) is 6.54. The van der Waals surface area contributed by atoms with Gasteiger partial charge < -0.3 is 14.4 Å². The minimum Gasteiger partial charge on any atom is -0.493 e. The summed E-state index contributed by atoms with van der Waals surface area (Å²) in [5.74, 6) is 1.16. The van der Waals surface area contributed by atoms with Gasteiger partial charge in [0.2, 0.25) is 0 Å². The van der Waals surface area contributed by atoms with E-state index in [0.29, 0.717) is 6.61 Å². The first-order valence-electron chi connectivity index (χ1n) is 9.45. The van der Waals surface area contributed by atoms with E-state index in [1.807, 2.05) is 13.0 Å². The van der Waals surface area contributed by atoms with Crippen LogP contribution in [0, 0.1) is 5.92 Å². The van der Waals surface area contributed by atoms with Crippen molar-refractivity contribution in [3.05, 3.63) is 29.8 Å². The van der Waals surface area contributed by atoms with E-state index in [9.17, 15) is 4.79 Å².